The van der Waals surface area contributed by atoms with E-state index in [1.165, 1.54) is 5.56 Å². The zero-order chi connectivity index (χ0) is 12.3. The summed E-state index contributed by atoms with van der Waals surface area (Å²) in [7, 11) is 0. The maximum absolute atomic E-state index is 5.47. The molecule has 5 heteroatoms. The second kappa shape index (κ2) is 6.18. The first-order valence-corrected chi connectivity index (χ1v) is 7.42. The Morgan fingerprint density at radius 1 is 1.06 bits per heavy atom. The molecule has 0 aliphatic heterocycles. The number of hydrogen-bond donors (Lipinski definition) is 1. The van der Waals surface area contributed by atoms with Crippen molar-refractivity contribution >= 4 is 47.8 Å². The smallest absolute Gasteiger partial charge is 0.183 e. The molecule has 0 unspecified atom stereocenters. The van der Waals surface area contributed by atoms with Gasteiger partial charge >= 0.3 is 0 Å². The molecule has 1 aromatic carbocycles. The van der Waals surface area contributed by atoms with Crippen LogP contribution in [-0.4, -0.2) is 0 Å². The summed E-state index contributed by atoms with van der Waals surface area (Å²) in [5.74, 6) is 0.902. The Bertz CT molecular complexity index is 491. The van der Waals surface area contributed by atoms with Crippen molar-refractivity contribution in [1.82, 2.24) is 5.32 Å². The molecule has 0 saturated carbocycles. The maximum Gasteiger partial charge on any atom is 0.183 e. The first-order chi connectivity index (χ1) is 8.15. The lowest BCUT2D eigenvalue weighted by molar-refractivity contribution is 0.464. The van der Waals surface area contributed by atoms with Gasteiger partial charge in [0, 0.05) is 11.0 Å². The van der Waals surface area contributed by atoms with Gasteiger partial charge < -0.3 is 9.73 Å². The topological polar surface area (TPSA) is 25.2 Å². The zero-order valence-electron chi connectivity index (χ0n) is 8.84. The Morgan fingerprint density at radius 2 is 1.88 bits per heavy atom. The summed E-state index contributed by atoms with van der Waals surface area (Å²) < 4.78 is 8.25. The van der Waals surface area contributed by atoms with Crippen LogP contribution in [0.15, 0.2) is 48.4 Å². The minimum Gasteiger partial charge on any atom is -0.452 e. The Balaban J connectivity index is 1.87. The Hall–Kier alpha value is -0.100. The molecule has 1 N–H and O–H groups in total. The van der Waals surface area contributed by atoms with E-state index in [-0.39, 0.29) is 0 Å². The number of nitrogens with one attached hydrogen (secondary N) is 1. The molecule has 0 saturated heterocycles. The molecule has 1 aromatic heterocycles. The van der Waals surface area contributed by atoms with Crippen molar-refractivity contribution < 1.29 is 4.42 Å². The highest BCUT2D eigenvalue weighted by atomic mass is 79.9. The van der Waals surface area contributed by atoms with Gasteiger partial charge in [-0.05, 0) is 55.6 Å². The lowest BCUT2D eigenvalue weighted by atomic mass is 10.2. The third-order valence-corrected chi connectivity index (χ3v) is 4.42. The van der Waals surface area contributed by atoms with Gasteiger partial charge in [0.1, 0.15) is 5.76 Å². The van der Waals surface area contributed by atoms with Gasteiger partial charge in [-0.3, -0.25) is 0 Å². The Morgan fingerprint density at radius 3 is 2.53 bits per heavy atom. The molecule has 0 atom stereocenters. The number of rotatable bonds is 4. The van der Waals surface area contributed by atoms with Gasteiger partial charge in [0.2, 0.25) is 0 Å². The highest BCUT2D eigenvalue weighted by Gasteiger charge is 2.05. The summed E-state index contributed by atoms with van der Waals surface area (Å²) in [6, 6.07) is 10.2. The molecule has 2 aromatic rings. The van der Waals surface area contributed by atoms with Crippen LogP contribution in [0.1, 0.15) is 11.3 Å². The first-order valence-electron chi connectivity index (χ1n) is 5.04. The van der Waals surface area contributed by atoms with Crippen molar-refractivity contribution in [2.75, 3.05) is 0 Å². The Labute approximate surface area is 125 Å². The Kier molecular flexibility index (Phi) is 4.85. The molecular weight excluding hydrogens is 414 g/mol. The largest absolute Gasteiger partial charge is 0.452 e. The quantitative estimate of drug-likeness (QED) is 0.760. The highest BCUT2D eigenvalue weighted by Crippen LogP contribution is 2.26. The fourth-order valence-corrected chi connectivity index (χ4v) is 2.56. The number of hydrogen-bond acceptors (Lipinski definition) is 2. The van der Waals surface area contributed by atoms with Crippen LogP contribution in [-0.2, 0) is 13.1 Å². The first kappa shape index (κ1) is 13.3. The van der Waals surface area contributed by atoms with E-state index in [9.17, 15) is 0 Å². The van der Waals surface area contributed by atoms with Crippen LogP contribution in [0.4, 0.5) is 0 Å². The number of halogens is 3. The van der Waals surface area contributed by atoms with Crippen LogP contribution in [0.3, 0.4) is 0 Å². The molecule has 1 heterocycles. The van der Waals surface area contributed by atoms with Crippen molar-refractivity contribution in [1.29, 1.82) is 0 Å². The summed E-state index contributed by atoms with van der Waals surface area (Å²) in [4.78, 5) is 0. The SMILES string of the molecule is Brc1cccc(CNCc2cc(Br)c(Br)o2)c1. The summed E-state index contributed by atoms with van der Waals surface area (Å²) in [6.07, 6.45) is 0. The van der Waals surface area contributed by atoms with Gasteiger partial charge in [-0.25, -0.2) is 0 Å². The summed E-state index contributed by atoms with van der Waals surface area (Å²) in [5, 5.41) is 3.33. The van der Waals surface area contributed by atoms with Crippen LogP contribution in [0.2, 0.25) is 0 Å². The van der Waals surface area contributed by atoms with Crippen molar-refractivity contribution in [3.8, 4) is 0 Å². The molecule has 0 bridgehead atoms. The molecule has 90 valence electrons. The summed E-state index contributed by atoms with van der Waals surface area (Å²) in [5.41, 5.74) is 1.24. The predicted molar refractivity (Wildman–Crippen MR) is 78.8 cm³/mol. The van der Waals surface area contributed by atoms with Crippen LogP contribution in [0, 0.1) is 0 Å². The van der Waals surface area contributed by atoms with Crippen LogP contribution >= 0.6 is 47.8 Å². The van der Waals surface area contributed by atoms with Crippen LogP contribution in [0.25, 0.3) is 0 Å². The lowest BCUT2D eigenvalue weighted by Crippen LogP contribution is -2.11. The lowest BCUT2D eigenvalue weighted by Gasteiger charge is -2.03. The van der Waals surface area contributed by atoms with Gasteiger partial charge in [0.25, 0.3) is 0 Å². The van der Waals surface area contributed by atoms with E-state index in [1.54, 1.807) is 0 Å². The third-order valence-electron chi connectivity index (χ3n) is 2.21. The minimum atomic E-state index is 0.705. The second-order valence-corrected chi connectivity index (χ2v) is 6.06. The second-order valence-electron chi connectivity index (χ2n) is 3.57. The van der Waals surface area contributed by atoms with E-state index in [2.05, 4.69) is 65.2 Å². The molecule has 0 spiro atoms. The molecule has 0 radical (unpaired) electrons. The van der Waals surface area contributed by atoms with Gasteiger partial charge in [0.15, 0.2) is 4.67 Å². The molecule has 0 amide bonds. The summed E-state index contributed by atoms with van der Waals surface area (Å²) >= 11 is 10.2. The normalized spacial score (nSPS) is 10.8. The maximum atomic E-state index is 5.47. The summed E-state index contributed by atoms with van der Waals surface area (Å²) in [6.45, 7) is 1.52. The number of benzene rings is 1. The monoisotopic (exact) mass is 421 g/mol. The van der Waals surface area contributed by atoms with Crippen molar-refractivity contribution in [3.63, 3.8) is 0 Å². The molecule has 2 rings (SSSR count). The van der Waals surface area contributed by atoms with Crippen molar-refractivity contribution in [2.24, 2.45) is 0 Å². The van der Waals surface area contributed by atoms with Gasteiger partial charge in [-0.1, -0.05) is 28.1 Å². The number of furan rings is 1. The van der Waals surface area contributed by atoms with Gasteiger partial charge in [-0.2, -0.15) is 0 Å². The average molecular weight is 424 g/mol. The van der Waals surface area contributed by atoms with Crippen LogP contribution < -0.4 is 5.32 Å². The van der Waals surface area contributed by atoms with Crippen LogP contribution in [0.5, 0.6) is 0 Å². The third kappa shape index (κ3) is 3.95. The van der Waals surface area contributed by atoms with E-state index in [0.29, 0.717) is 6.54 Å². The molecule has 17 heavy (non-hydrogen) atoms. The van der Waals surface area contributed by atoms with E-state index in [0.717, 1.165) is 25.9 Å². The fourth-order valence-electron chi connectivity index (χ4n) is 1.46. The predicted octanol–water partition coefficient (Wildman–Crippen LogP) is 4.86. The van der Waals surface area contributed by atoms with E-state index >= 15 is 0 Å². The van der Waals surface area contributed by atoms with E-state index < -0.39 is 0 Å². The minimum absolute atomic E-state index is 0.705. The van der Waals surface area contributed by atoms with Crippen molar-refractivity contribution in [3.05, 3.63) is 55.3 Å². The zero-order valence-corrected chi connectivity index (χ0v) is 13.6. The van der Waals surface area contributed by atoms with E-state index in [1.807, 2.05) is 18.2 Å². The average Bonchev–Trinajstić information content (AvgIpc) is 2.58. The fraction of sp³-hybridized carbons (Fsp3) is 0.167. The molecule has 0 aliphatic rings. The van der Waals surface area contributed by atoms with Gasteiger partial charge in [0.05, 0.1) is 11.0 Å². The van der Waals surface area contributed by atoms with Gasteiger partial charge in [-0.15, -0.1) is 0 Å². The molecule has 0 fully saturated rings. The molecule has 2 nitrogen and oxygen atoms in total. The highest BCUT2D eigenvalue weighted by molar-refractivity contribution is 9.13. The molecular formula is C12H10Br3NO. The van der Waals surface area contributed by atoms with E-state index in [4.69, 9.17) is 4.42 Å². The standard InChI is InChI=1S/C12H10Br3NO/c13-9-3-1-2-8(4-9)6-16-7-10-5-11(14)12(15)17-10/h1-5,16H,6-7H2. The molecule has 0 aliphatic carbocycles. The van der Waals surface area contributed by atoms with Crippen molar-refractivity contribution in [2.45, 2.75) is 13.1 Å².